The van der Waals surface area contributed by atoms with E-state index >= 15 is 0 Å². The predicted molar refractivity (Wildman–Crippen MR) is 165 cm³/mol. The highest BCUT2D eigenvalue weighted by atomic mass is 32.2. The monoisotopic (exact) mass is 606 g/mol. The molecule has 0 aromatic heterocycles. The summed E-state index contributed by atoms with van der Waals surface area (Å²) in [5, 5.41) is 12.9. The number of rotatable bonds is 15. The Morgan fingerprint density at radius 3 is 1.79 bits per heavy atom. The van der Waals surface area contributed by atoms with E-state index in [2.05, 4.69) is 15.4 Å². The molecule has 3 rings (SSSR count). The zero-order chi connectivity index (χ0) is 31.2. The fourth-order valence-corrected chi connectivity index (χ4v) is 5.22. The van der Waals surface area contributed by atoms with Crippen LogP contribution < -0.4 is 21.1 Å². The second-order valence-electron chi connectivity index (χ2n) is 9.98. The van der Waals surface area contributed by atoms with Gasteiger partial charge in [-0.05, 0) is 42.1 Å². The zero-order valence-electron chi connectivity index (χ0n) is 24.1. The van der Waals surface area contributed by atoms with Gasteiger partial charge < -0.3 is 16.4 Å². The van der Waals surface area contributed by atoms with Crippen LogP contribution in [0.1, 0.15) is 35.1 Å². The topological polar surface area (TPSA) is 175 Å². The average molecular weight is 607 g/mol. The van der Waals surface area contributed by atoms with E-state index in [1.807, 2.05) is 12.1 Å². The van der Waals surface area contributed by atoms with Gasteiger partial charge in [-0.3, -0.25) is 24.7 Å². The van der Waals surface area contributed by atoms with E-state index in [-0.39, 0.29) is 44.1 Å². The summed E-state index contributed by atoms with van der Waals surface area (Å²) in [4.78, 5) is 42.1. The standard InChI is InChI=1S/C31H38N6O5S/c1-34-43(41,42)22-26-16-14-25(15-17-26)21-36-30(40)27(13-8-18-35-31(32)33)37(28(38)19-23-9-4-2-5-10-23)29(39)20-24-11-6-3-7-12-24/h2-7,9-12,14-17,27,34H,8,13,18-22H2,1H3,(H,36,40)(H4,32,33,35). The van der Waals surface area contributed by atoms with Crippen molar-refractivity contribution >= 4 is 33.7 Å². The van der Waals surface area contributed by atoms with Crippen molar-refractivity contribution in [2.45, 2.75) is 44.0 Å². The maximum absolute atomic E-state index is 13.7. The summed E-state index contributed by atoms with van der Waals surface area (Å²) in [5.41, 5.74) is 8.12. The first-order valence-electron chi connectivity index (χ1n) is 13.9. The van der Waals surface area contributed by atoms with Gasteiger partial charge in [0.1, 0.15) is 6.04 Å². The summed E-state index contributed by atoms with van der Waals surface area (Å²) in [6.45, 7) is 0.386. The zero-order valence-corrected chi connectivity index (χ0v) is 24.9. The van der Waals surface area contributed by atoms with Gasteiger partial charge in [0.2, 0.25) is 27.7 Å². The molecule has 0 saturated heterocycles. The van der Waals surface area contributed by atoms with Gasteiger partial charge in [0.05, 0.1) is 18.6 Å². The number of amides is 3. The van der Waals surface area contributed by atoms with Crippen molar-refractivity contribution < 1.29 is 22.8 Å². The molecule has 3 aromatic rings. The molecule has 0 spiro atoms. The molecule has 3 aromatic carbocycles. The number of sulfonamides is 1. The molecule has 0 radical (unpaired) electrons. The molecule has 43 heavy (non-hydrogen) atoms. The van der Waals surface area contributed by atoms with Gasteiger partial charge in [-0.15, -0.1) is 0 Å². The van der Waals surface area contributed by atoms with Gasteiger partial charge in [-0.1, -0.05) is 84.9 Å². The Morgan fingerprint density at radius 1 is 0.791 bits per heavy atom. The van der Waals surface area contributed by atoms with Crippen LogP contribution in [0.5, 0.6) is 0 Å². The minimum Gasteiger partial charge on any atom is -0.370 e. The number of nitrogens with two attached hydrogens (primary N) is 1. The summed E-state index contributed by atoms with van der Waals surface area (Å²) in [7, 11) is -2.07. The third kappa shape index (κ3) is 11.0. The predicted octanol–water partition coefficient (Wildman–Crippen LogP) is 1.82. The van der Waals surface area contributed by atoms with Crippen molar-refractivity contribution in [3.8, 4) is 0 Å². The van der Waals surface area contributed by atoms with E-state index in [9.17, 15) is 22.8 Å². The van der Waals surface area contributed by atoms with E-state index in [1.165, 1.54) is 7.05 Å². The van der Waals surface area contributed by atoms with Crippen LogP contribution in [0.2, 0.25) is 0 Å². The van der Waals surface area contributed by atoms with Crippen LogP contribution in [0.25, 0.3) is 0 Å². The Hall–Kier alpha value is -4.55. The number of hydrogen-bond donors (Lipinski definition) is 5. The fraction of sp³-hybridized carbons (Fsp3) is 0.290. The number of carbonyl (C=O) groups excluding carboxylic acids is 3. The summed E-state index contributed by atoms with van der Waals surface area (Å²) in [6, 6.07) is 23.7. The number of guanidine groups is 1. The summed E-state index contributed by atoms with van der Waals surface area (Å²) < 4.78 is 26.0. The molecule has 0 fully saturated rings. The van der Waals surface area contributed by atoms with Crippen molar-refractivity contribution in [1.82, 2.24) is 20.3 Å². The first-order chi connectivity index (χ1) is 20.6. The van der Waals surface area contributed by atoms with Gasteiger partial charge >= 0.3 is 0 Å². The van der Waals surface area contributed by atoms with Crippen molar-refractivity contribution in [1.29, 1.82) is 5.41 Å². The Balaban J connectivity index is 1.83. The largest absolute Gasteiger partial charge is 0.370 e. The number of benzene rings is 3. The minimum absolute atomic E-state index is 0.0617. The third-order valence-corrected chi connectivity index (χ3v) is 8.01. The summed E-state index contributed by atoms with van der Waals surface area (Å²) >= 11 is 0. The molecule has 228 valence electrons. The second kappa shape index (κ2) is 16.2. The van der Waals surface area contributed by atoms with Crippen LogP contribution in [0.3, 0.4) is 0 Å². The van der Waals surface area contributed by atoms with E-state index < -0.39 is 33.8 Å². The van der Waals surface area contributed by atoms with Crippen molar-refractivity contribution in [3.63, 3.8) is 0 Å². The Kier molecular flexibility index (Phi) is 12.4. The molecule has 11 nitrogen and oxygen atoms in total. The summed E-state index contributed by atoms with van der Waals surface area (Å²) in [5.74, 6) is -1.89. The van der Waals surface area contributed by atoms with E-state index in [1.54, 1.807) is 72.8 Å². The number of nitrogens with zero attached hydrogens (tertiary/aromatic N) is 1. The quantitative estimate of drug-likeness (QED) is 0.0996. The van der Waals surface area contributed by atoms with Crippen LogP contribution >= 0.6 is 0 Å². The number of carbonyl (C=O) groups is 3. The Labute approximate surface area is 252 Å². The average Bonchev–Trinajstić information content (AvgIpc) is 2.98. The Bertz CT molecular complexity index is 1430. The molecular weight excluding hydrogens is 568 g/mol. The van der Waals surface area contributed by atoms with Gasteiger partial charge in [0.25, 0.3) is 0 Å². The van der Waals surface area contributed by atoms with Gasteiger partial charge in [-0.2, -0.15) is 0 Å². The van der Waals surface area contributed by atoms with Crippen molar-refractivity contribution in [2.24, 2.45) is 5.73 Å². The molecule has 0 aliphatic heterocycles. The highest BCUT2D eigenvalue weighted by Gasteiger charge is 2.34. The maximum atomic E-state index is 13.7. The number of imide groups is 1. The van der Waals surface area contributed by atoms with E-state index in [4.69, 9.17) is 11.1 Å². The maximum Gasteiger partial charge on any atom is 0.243 e. The molecule has 3 amide bonds. The molecule has 12 heteroatoms. The number of nitrogens with one attached hydrogen (secondary N) is 4. The molecular formula is C31H38N6O5S. The molecule has 1 unspecified atom stereocenters. The first kappa shape index (κ1) is 33.0. The molecule has 0 aliphatic rings. The first-order valence-corrected chi connectivity index (χ1v) is 15.5. The molecule has 6 N–H and O–H groups in total. The van der Waals surface area contributed by atoms with Gasteiger partial charge in [0.15, 0.2) is 5.96 Å². The second-order valence-corrected chi connectivity index (χ2v) is 11.9. The van der Waals surface area contributed by atoms with Crippen LogP contribution in [-0.2, 0) is 49.5 Å². The Morgan fingerprint density at radius 2 is 1.30 bits per heavy atom. The minimum atomic E-state index is -3.43. The van der Waals surface area contributed by atoms with Crippen molar-refractivity contribution in [3.05, 3.63) is 107 Å². The third-order valence-electron chi connectivity index (χ3n) is 6.68. The lowest BCUT2D eigenvalue weighted by Crippen LogP contribution is -2.53. The highest BCUT2D eigenvalue weighted by molar-refractivity contribution is 7.88. The van der Waals surface area contributed by atoms with Gasteiger partial charge in [0, 0.05) is 13.1 Å². The lowest BCUT2D eigenvalue weighted by Gasteiger charge is -2.30. The van der Waals surface area contributed by atoms with Crippen LogP contribution in [-0.4, -0.2) is 56.6 Å². The SMILES string of the molecule is CNS(=O)(=O)Cc1ccc(CNC(=O)C(CCCNC(=N)N)N(C(=O)Cc2ccccc2)C(=O)Cc2ccccc2)cc1. The normalized spacial score (nSPS) is 11.7. The molecule has 0 saturated carbocycles. The van der Waals surface area contributed by atoms with E-state index in [0.29, 0.717) is 28.7 Å². The highest BCUT2D eigenvalue weighted by Crippen LogP contribution is 2.16. The molecule has 0 heterocycles. The number of hydrogen-bond acceptors (Lipinski definition) is 6. The smallest absolute Gasteiger partial charge is 0.243 e. The fourth-order valence-electron chi connectivity index (χ4n) is 4.45. The molecule has 0 bridgehead atoms. The van der Waals surface area contributed by atoms with E-state index in [0.717, 1.165) is 4.90 Å². The van der Waals surface area contributed by atoms with Crippen LogP contribution in [0, 0.1) is 5.41 Å². The lowest BCUT2D eigenvalue weighted by molar-refractivity contribution is -0.151. The summed E-state index contributed by atoms with van der Waals surface area (Å²) in [6.07, 6.45) is 0.385. The molecule has 1 atom stereocenters. The molecule has 0 aliphatic carbocycles. The van der Waals surface area contributed by atoms with Crippen LogP contribution in [0.4, 0.5) is 0 Å². The van der Waals surface area contributed by atoms with Gasteiger partial charge in [-0.25, -0.2) is 13.1 Å². The van der Waals surface area contributed by atoms with Crippen molar-refractivity contribution in [2.75, 3.05) is 13.6 Å². The lowest BCUT2D eigenvalue weighted by atomic mass is 10.0. The van der Waals surface area contributed by atoms with Crippen LogP contribution in [0.15, 0.2) is 84.9 Å².